The zero-order valence-corrected chi connectivity index (χ0v) is 11.7. The maximum absolute atomic E-state index is 13.4. The highest BCUT2D eigenvalue weighted by Gasteiger charge is 2.73. The Labute approximate surface area is 131 Å². The second-order valence-electron chi connectivity index (χ2n) is 4.21. The molecule has 1 amide bonds. The fourth-order valence-corrected chi connectivity index (χ4v) is 1.36. The van der Waals surface area contributed by atoms with Crippen LogP contribution in [0.4, 0.5) is 30.7 Å². The highest BCUT2D eigenvalue weighted by Crippen LogP contribution is 2.51. The van der Waals surface area contributed by atoms with E-state index in [1.165, 1.54) is 0 Å². The smallest absolute Gasteiger partial charge is 0.423 e. The molecule has 4 nitrogen and oxygen atoms in total. The minimum Gasteiger partial charge on any atom is -0.423 e. The molecule has 0 spiro atoms. The summed E-state index contributed by atoms with van der Waals surface area (Å²) < 4.78 is 88.3. The number of halogens is 7. The third kappa shape index (κ3) is 4.71. The van der Waals surface area contributed by atoms with Gasteiger partial charge in [0.15, 0.2) is 0 Å². The summed E-state index contributed by atoms with van der Waals surface area (Å²) in [5, 5.41) is 17.5. The summed E-state index contributed by atoms with van der Waals surface area (Å²) in [6, 6.07) is 2.65. The van der Waals surface area contributed by atoms with Crippen molar-refractivity contribution in [3.63, 3.8) is 0 Å². The minimum absolute atomic E-state index is 0.272. The number of primary amides is 1. The third-order valence-electron chi connectivity index (χ3n) is 2.53. The van der Waals surface area contributed by atoms with Gasteiger partial charge in [0.2, 0.25) is 5.91 Å². The maximum Gasteiger partial charge on any atom is 0.488 e. The normalized spacial score (nSPS) is 12.0. The van der Waals surface area contributed by atoms with Crippen LogP contribution < -0.4 is 11.2 Å². The Morgan fingerprint density at radius 2 is 1.50 bits per heavy atom. The fraction of sp³-hybridized carbons (Fsp3) is 0.250. The Kier molecular flexibility index (Phi) is 7.00. The topological polar surface area (TPSA) is 83.6 Å². The molecule has 134 valence electrons. The highest BCUT2D eigenvalue weighted by molar-refractivity contribution is 6.59. The molecule has 4 N–H and O–H groups in total. The van der Waals surface area contributed by atoms with Crippen LogP contribution in [0.3, 0.4) is 0 Å². The Bertz CT molecular complexity index is 590. The summed E-state index contributed by atoms with van der Waals surface area (Å²) in [5.74, 6) is -12.5. The van der Waals surface area contributed by atoms with E-state index in [-0.39, 0.29) is 6.07 Å². The zero-order chi connectivity index (χ0) is 19.3. The van der Waals surface area contributed by atoms with Crippen molar-refractivity contribution in [3.8, 4) is 0 Å². The zero-order valence-electron chi connectivity index (χ0n) is 11.7. The number of hydrogen-bond donors (Lipinski definition) is 3. The first-order valence-corrected chi connectivity index (χ1v) is 5.90. The van der Waals surface area contributed by atoms with Crippen molar-refractivity contribution in [2.45, 2.75) is 18.0 Å². The van der Waals surface area contributed by atoms with Crippen LogP contribution in [0.2, 0.25) is 0 Å². The molecule has 12 heteroatoms. The van der Waals surface area contributed by atoms with Crippen LogP contribution >= 0.6 is 0 Å². The van der Waals surface area contributed by atoms with Gasteiger partial charge in [0, 0.05) is 5.56 Å². The van der Waals surface area contributed by atoms with E-state index in [0.29, 0.717) is 6.07 Å². The number of rotatable bonds is 4. The van der Waals surface area contributed by atoms with E-state index in [0.717, 1.165) is 18.2 Å². The lowest BCUT2D eigenvalue weighted by molar-refractivity contribution is -0.359. The van der Waals surface area contributed by atoms with Gasteiger partial charge in [0.1, 0.15) is 0 Å². The molecule has 1 aromatic carbocycles. The van der Waals surface area contributed by atoms with Crippen molar-refractivity contribution >= 4 is 18.5 Å². The summed E-state index contributed by atoms with van der Waals surface area (Å²) in [7, 11) is -2.61. The van der Waals surface area contributed by atoms with Crippen LogP contribution in [0.1, 0.15) is 5.56 Å². The predicted octanol–water partition coefficient (Wildman–Crippen LogP) is 1.31. The predicted molar refractivity (Wildman–Crippen MR) is 70.6 cm³/mol. The molecule has 0 aliphatic rings. The lowest BCUT2D eigenvalue weighted by Gasteiger charge is -2.29. The monoisotopic (exact) mass is 361 g/mol. The van der Waals surface area contributed by atoms with Crippen LogP contribution in [-0.2, 0) is 10.7 Å². The molecule has 1 aromatic rings. The minimum atomic E-state index is -6.48. The standard InChI is InChI=1S/C9H6BF7O2.C3H5NO/c11-7(12,8(13,14)9(15,16)17)5-3-1-2-4-6(5)10(18)19;1-2-3(4)5/h1-4,18-19H;2H,1H2,(H2,4,5). The van der Waals surface area contributed by atoms with Crippen LogP contribution in [0.5, 0.6) is 0 Å². The van der Waals surface area contributed by atoms with Crippen molar-refractivity contribution < 1.29 is 45.6 Å². The lowest BCUT2D eigenvalue weighted by atomic mass is 9.75. The number of hydrogen-bond acceptors (Lipinski definition) is 3. The van der Waals surface area contributed by atoms with E-state index in [1.54, 1.807) is 0 Å². The number of alkyl halides is 7. The molecule has 0 heterocycles. The molecule has 0 aliphatic carbocycles. The summed E-state index contributed by atoms with van der Waals surface area (Å²) in [6.07, 6.45) is -5.43. The average Bonchev–Trinajstić information content (AvgIpc) is 2.46. The molecule has 0 bridgehead atoms. The highest BCUT2D eigenvalue weighted by atomic mass is 19.4. The van der Waals surface area contributed by atoms with Gasteiger partial charge >= 0.3 is 25.1 Å². The molecule has 24 heavy (non-hydrogen) atoms. The van der Waals surface area contributed by atoms with Crippen molar-refractivity contribution in [1.29, 1.82) is 0 Å². The Hall–Kier alpha value is -2.08. The van der Waals surface area contributed by atoms with Crippen LogP contribution in [0.25, 0.3) is 0 Å². The second kappa shape index (κ2) is 7.66. The summed E-state index contributed by atoms with van der Waals surface area (Å²) in [5.41, 5.74) is 1.61. The van der Waals surface area contributed by atoms with E-state index in [4.69, 9.17) is 10.0 Å². The van der Waals surface area contributed by atoms with Gasteiger partial charge in [-0.2, -0.15) is 30.7 Å². The van der Waals surface area contributed by atoms with Crippen molar-refractivity contribution in [2.75, 3.05) is 0 Å². The van der Waals surface area contributed by atoms with Gasteiger partial charge in [-0.05, 0) is 11.5 Å². The Morgan fingerprint density at radius 3 is 1.83 bits per heavy atom. The van der Waals surface area contributed by atoms with Gasteiger partial charge in [-0.3, -0.25) is 4.79 Å². The lowest BCUT2D eigenvalue weighted by Crippen LogP contribution is -2.53. The average molecular weight is 361 g/mol. The molecule has 1 rings (SSSR count). The van der Waals surface area contributed by atoms with Gasteiger partial charge in [0.25, 0.3) is 0 Å². The third-order valence-corrected chi connectivity index (χ3v) is 2.53. The first-order chi connectivity index (χ1) is 10.7. The van der Waals surface area contributed by atoms with Crippen LogP contribution in [0, 0.1) is 0 Å². The van der Waals surface area contributed by atoms with E-state index in [9.17, 15) is 35.5 Å². The van der Waals surface area contributed by atoms with Gasteiger partial charge in [-0.15, -0.1) is 0 Å². The van der Waals surface area contributed by atoms with Crippen LogP contribution in [-0.4, -0.2) is 35.2 Å². The fourth-order valence-electron chi connectivity index (χ4n) is 1.36. The summed E-state index contributed by atoms with van der Waals surface area (Å²) in [6.45, 7) is 3.09. The van der Waals surface area contributed by atoms with Crippen molar-refractivity contribution in [1.82, 2.24) is 0 Å². The van der Waals surface area contributed by atoms with E-state index in [2.05, 4.69) is 12.3 Å². The molecular weight excluding hydrogens is 350 g/mol. The molecular formula is C12H11BF7NO3. The first-order valence-electron chi connectivity index (χ1n) is 5.90. The molecule has 0 saturated carbocycles. The number of amides is 1. The van der Waals surface area contributed by atoms with Gasteiger partial charge in [0.05, 0.1) is 0 Å². The molecule has 0 aromatic heterocycles. The molecule has 0 atom stereocenters. The van der Waals surface area contributed by atoms with Gasteiger partial charge in [-0.1, -0.05) is 30.8 Å². The van der Waals surface area contributed by atoms with Crippen LogP contribution in [0.15, 0.2) is 36.9 Å². The number of carbonyl (C=O) groups is 1. The van der Waals surface area contributed by atoms with Gasteiger partial charge < -0.3 is 15.8 Å². The van der Waals surface area contributed by atoms with Crippen molar-refractivity contribution in [2.24, 2.45) is 5.73 Å². The molecule has 0 aliphatic heterocycles. The number of nitrogens with two attached hydrogens (primary N) is 1. The van der Waals surface area contributed by atoms with Crippen molar-refractivity contribution in [3.05, 3.63) is 42.5 Å². The second-order valence-corrected chi connectivity index (χ2v) is 4.21. The Balaban J connectivity index is 0.000000922. The van der Waals surface area contributed by atoms with E-state index < -0.39 is 42.1 Å². The molecule has 0 radical (unpaired) electrons. The van der Waals surface area contributed by atoms with E-state index >= 15 is 0 Å². The number of carbonyl (C=O) groups excluding carboxylic acids is 1. The summed E-state index contributed by atoms with van der Waals surface area (Å²) >= 11 is 0. The number of benzene rings is 1. The largest absolute Gasteiger partial charge is 0.488 e. The Morgan fingerprint density at radius 1 is 1.08 bits per heavy atom. The first kappa shape index (κ1) is 21.9. The SMILES string of the molecule is C=CC(N)=O.OB(O)c1ccccc1C(F)(F)C(F)(F)C(F)(F)F. The molecule has 0 unspecified atom stereocenters. The molecule has 0 fully saturated rings. The quantitative estimate of drug-likeness (QED) is 0.430. The molecule has 0 saturated heterocycles. The maximum atomic E-state index is 13.4. The summed E-state index contributed by atoms with van der Waals surface area (Å²) in [4.78, 5) is 9.47. The van der Waals surface area contributed by atoms with E-state index in [1.807, 2.05) is 0 Å². The van der Waals surface area contributed by atoms with Gasteiger partial charge in [-0.25, -0.2) is 0 Å².